The van der Waals surface area contributed by atoms with Crippen molar-refractivity contribution in [2.75, 3.05) is 0 Å². The van der Waals surface area contributed by atoms with Gasteiger partial charge in [0.25, 0.3) is 0 Å². The Balaban J connectivity index is 2.29. The van der Waals surface area contributed by atoms with E-state index in [1.165, 1.54) is 12.1 Å². The lowest BCUT2D eigenvalue weighted by molar-refractivity contribution is 0.507. The van der Waals surface area contributed by atoms with Crippen LogP contribution in [0, 0.1) is 17.6 Å². The molecule has 1 aliphatic rings. The smallest absolute Gasteiger partial charge is 0.159 e. The van der Waals surface area contributed by atoms with Crippen molar-refractivity contribution in [3.63, 3.8) is 0 Å². The van der Waals surface area contributed by atoms with Gasteiger partial charge in [-0.2, -0.15) is 0 Å². The molecule has 0 radical (unpaired) electrons. The van der Waals surface area contributed by atoms with Crippen LogP contribution in [0.4, 0.5) is 8.78 Å². The van der Waals surface area contributed by atoms with Crippen molar-refractivity contribution in [1.82, 2.24) is 0 Å². The topological polar surface area (TPSA) is 0 Å². The predicted molar refractivity (Wildman–Crippen MR) is 42.9 cm³/mol. The van der Waals surface area contributed by atoms with Crippen molar-refractivity contribution in [3.8, 4) is 0 Å². The third-order valence-electron chi connectivity index (χ3n) is 2.48. The summed E-state index contributed by atoms with van der Waals surface area (Å²) in [5.74, 6) is -0.395. The lowest BCUT2D eigenvalue weighted by atomic mass is 10.1. The summed E-state index contributed by atoms with van der Waals surface area (Å²) in [6.07, 6.45) is 1.10. The van der Waals surface area contributed by atoms with Gasteiger partial charge in [0, 0.05) is 0 Å². The van der Waals surface area contributed by atoms with Crippen molar-refractivity contribution in [3.05, 3.63) is 35.4 Å². The lowest BCUT2D eigenvalue weighted by Crippen LogP contribution is -1.87. The van der Waals surface area contributed by atoms with Crippen LogP contribution in [0.25, 0.3) is 0 Å². The molecule has 1 fully saturated rings. The fourth-order valence-electron chi connectivity index (χ4n) is 1.53. The van der Waals surface area contributed by atoms with Crippen LogP contribution in [0.5, 0.6) is 0 Å². The van der Waals surface area contributed by atoms with Gasteiger partial charge >= 0.3 is 0 Å². The van der Waals surface area contributed by atoms with Crippen LogP contribution in [0.2, 0.25) is 0 Å². The number of benzene rings is 1. The van der Waals surface area contributed by atoms with Crippen LogP contribution in [-0.2, 0) is 0 Å². The van der Waals surface area contributed by atoms with Gasteiger partial charge in [-0.05, 0) is 36.0 Å². The Hall–Kier alpha value is -0.920. The lowest BCUT2D eigenvalue weighted by Gasteiger charge is -1.98. The predicted octanol–water partition coefficient (Wildman–Crippen LogP) is 3.09. The standard InChI is InChI=1S/C10H10F2/c1-6-4-8(6)7-2-3-9(11)10(12)5-7/h2-3,5-6,8H,4H2,1H3/t6-,8-/m0/s1. The van der Waals surface area contributed by atoms with Gasteiger partial charge in [0.05, 0.1) is 0 Å². The molecule has 0 aromatic heterocycles. The summed E-state index contributed by atoms with van der Waals surface area (Å²) in [6, 6.07) is 4.19. The minimum Gasteiger partial charge on any atom is -0.204 e. The molecule has 0 N–H and O–H groups in total. The van der Waals surface area contributed by atoms with E-state index >= 15 is 0 Å². The molecule has 0 nitrogen and oxygen atoms in total. The molecule has 0 unspecified atom stereocenters. The van der Waals surface area contributed by atoms with Crippen LogP contribution < -0.4 is 0 Å². The first kappa shape index (κ1) is 7.71. The summed E-state index contributed by atoms with van der Waals surface area (Å²) in [5, 5.41) is 0. The second-order valence-electron chi connectivity index (χ2n) is 3.49. The van der Waals surface area contributed by atoms with Crippen LogP contribution >= 0.6 is 0 Å². The molecule has 2 atom stereocenters. The van der Waals surface area contributed by atoms with E-state index in [1.807, 2.05) is 0 Å². The molecule has 2 rings (SSSR count). The van der Waals surface area contributed by atoms with E-state index in [-0.39, 0.29) is 0 Å². The van der Waals surface area contributed by atoms with Gasteiger partial charge in [-0.15, -0.1) is 0 Å². The first-order valence-electron chi connectivity index (χ1n) is 4.13. The molecule has 0 bridgehead atoms. The molecule has 0 spiro atoms. The van der Waals surface area contributed by atoms with Gasteiger partial charge in [0.2, 0.25) is 0 Å². The normalized spacial score (nSPS) is 27.2. The Bertz CT molecular complexity index is 307. The van der Waals surface area contributed by atoms with E-state index < -0.39 is 11.6 Å². The minimum absolute atomic E-state index is 0.458. The Labute approximate surface area is 70.2 Å². The van der Waals surface area contributed by atoms with Crippen LogP contribution in [0.3, 0.4) is 0 Å². The maximum atomic E-state index is 12.7. The average molecular weight is 168 g/mol. The minimum atomic E-state index is -0.757. The summed E-state index contributed by atoms with van der Waals surface area (Å²) in [6.45, 7) is 2.12. The molecular weight excluding hydrogens is 158 g/mol. The molecule has 2 heteroatoms. The molecule has 1 aliphatic carbocycles. The van der Waals surface area contributed by atoms with Crippen molar-refractivity contribution < 1.29 is 8.78 Å². The summed E-state index contributed by atoms with van der Waals surface area (Å²) < 4.78 is 25.2. The largest absolute Gasteiger partial charge is 0.204 e. The second kappa shape index (κ2) is 2.54. The molecule has 12 heavy (non-hydrogen) atoms. The highest BCUT2D eigenvalue weighted by atomic mass is 19.2. The van der Waals surface area contributed by atoms with E-state index in [0.717, 1.165) is 12.0 Å². The van der Waals surface area contributed by atoms with Crippen molar-refractivity contribution in [1.29, 1.82) is 0 Å². The number of rotatable bonds is 1. The molecule has 0 heterocycles. The van der Waals surface area contributed by atoms with Crippen molar-refractivity contribution in [2.45, 2.75) is 19.3 Å². The molecular formula is C10H10F2. The third kappa shape index (κ3) is 1.22. The number of hydrogen-bond acceptors (Lipinski definition) is 0. The third-order valence-corrected chi connectivity index (χ3v) is 2.48. The monoisotopic (exact) mass is 168 g/mol. The Morgan fingerprint density at radius 2 is 1.92 bits per heavy atom. The number of hydrogen-bond donors (Lipinski definition) is 0. The van der Waals surface area contributed by atoms with Crippen LogP contribution in [-0.4, -0.2) is 0 Å². The summed E-state index contributed by atoms with van der Waals surface area (Å²) in [5.41, 5.74) is 0.932. The van der Waals surface area contributed by atoms with E-state index in [2.05, 4.69) is 6.92 Å². The van der Waals surface area contributed by atoms with Gasteiger partial charge in [-0.3, -0.25) is 0 Å². The van der Waals surface area contributed by atoms with E-state index in [0.29, 0.717) is 11.8 Å². The highest BCUT2D eigenvalue weighted by Gasteiger charge is 2.34. The summed E-state index contributed by atoms with van der Waals surface area (Å²) in [7, 11) is 0. The van der Waals surface area contributed by atoms with Gasteiger partial charge in [-0.1, -0.05) is 13.0 Å². The van der Waals surface area contributed by atoms with Crippen molar-refractivity contribution >= 4 is 0 Å². The Morgan fingerprint density at radius 1 is 1.25 bits per heavy atom. The molecule has 0 amide bonds. The zero-order valence-corrected chi connectivity index (χ0v) is 6.85. The molecule has 1 saturated carbocycles. The molecule has 1 aromatic carbocycles. The Morgan fingerprint density at radius 3 is 2.42 bits per heavy atom. The summed E-state index contributed by atoms with van der Waals surface area (Å²) in [4.78, 5) is 0. The SMILES string of the molecule is C[C@H]1C[C@@H]1c1ccc(F)c(F)c1. The maximum Gasteiger partial charge on any atom is 0.159 e. The van der Waals surface area contributed by atoms with E-state index in [9.17, 15) is 8.78 Å². The first-order valence-corrected chi connectivity index (χ1v) is 4.13. The fraction of sp³-hybridized carbons (Fsp3) is 0.400. The summed E-state index contributed by atoms with van der Waals surface area (Å²) >= 11 is 0. The molecule has 64 valence electrons. The quantitative estimate of drug-likeness (QED) is 0.604. The molecule has 0 aliphatic heterocycles. The van der Waals surface area contributed by atoms with Gasteiger partial charge in [-0.25, -0.2) is 8.78 Å². The van der Waals surface area contributed by atoms with Crippen LogP contribution in [0.15, 0.2) is 18.2 Å². The molecule has 1 aromatic rings. The van der Waals surface area contributed by atoms with Crippen molar-refractivity contribution in [2.24, 2.45) is 5.92 Å². The molecule has 0 saturated heterocycles. The highest BCUT2D eigenvalue weighted by Crippen LogP contribution is 2.46. The second-order valence-corrected chi connectivity index (χ2v) is 3.49. The maximum absolute atomic E-state index is 12.7. The van der Waals surface area contributed by atoms with Gasteiger partial charge < -0.3 is 0 Å². The van der Waals surface area contributed by atoms with Gasteiger partial charge in [0.1, 0.15) is 0 Å². The van der Waals surface area contributed by atoms with E-state index in [1.54, 1.807) is 6.07 Å². The Kier molecular flexibility index (Phi) is 1.63. The zero-order chi connectivity index (χ0) is 8.72. The zero-order valence-electron chi connectivity index (χ0n) is 6.85. The number of halogens is 2. The van der Waals surface area contributed by atoms with E-state index in [4.69, 9.17) is 0 Å². The van der Waals surface area contributed by atoms with Crippen LogP contribution in [0.1, 0.15) is 24.8 Å². The van der Waals surface area contributed by atoms with Gasteiger partial charge in [0.15, 0.2) is 11.6 Å². The fourth-order valence-corrected chi connectivity index (χ4v) is 1.53. The average Bonchev–Trinajstić information content (AvgIpc) is 2.73. The highest BCUT2D eigenvalue weighted by molar-refractivity contribution is 5.26. The first-order chi connectivity index (χ1) is 5.68.